The molecule has 522 valence electrons. The van der Waals surface area contributed by atoms with Crippen LogP contribution in [0.3, 0.4) is 0 Å². The van der Waals surface area contributed by atoms with Crippen LogP contribution in [-0.2, 0) is 0 Å². The van der Waals surface area contributed by atoms with Crippen LogP contribution in [-0.4, -0.2) is 0 Å². The van der Waals surface area contributed by atoms with Gasteiger partial charge in [-0.05, 0) is 263 Å². The van der Waals surface area contributed by atoms with E-state index in [0.29, 0.717) is 0 Å². The number of benzene rings is 22. The maximum Gasteiger partial charge on any atom is -0.00963 e. The molecule has 0 aliphatic carbocycles. The van der Waals surface area contributed by atoms with Gasteiger partial charge in [0.1, 0.15) is 0 Å². The van der Waals surface area contributed by atoms with Crippen molar-refractivity contribution in [2.24, 2.45) is 0 Å². The first kappa shape index (κ1) is 70.1. The van der Waals surface area contributed by atoms with Gasteiger partial charge in [-0.25, -0.2) is 0 Å². The number of hydrogen-bond donors (Lipinski definition) is 0. The monoisotopic (exact) mass is 1390 g/mol. The van der Waals surface area contributed by atoms with Crippen molar-refractivity contribution in [3.63, 3.8) is 0 Å². The number of aryl methyl sites for hydroxylation is 7. The number of hydrogen-bond acceptors (Lipinski definition) is 0. The predicted octanol–water partition coefficient (Wildman–Crippen LogP) is 31.3. The summed E-state index contributed by atoms with van der Waals surface area (Å²) in [6.07, 6.45) is 0. The highest BCUT2D eigenvalue weighted by atomic mass is 14.1. The van der Waals surface area contributed by atoms with Crippen molar-refractivity contribution in [2.75, 3.05) is 0 Å². The highest BCUT2D eigenvalue weighted by molar-refractivity contribution is 6.18. The first-order valence-electron chi connectivity index (χ1n) is 38.0. The zero-order chi connectivity index (χ0) is 74.3. The largest absolute Gasteiger partial charge is 0.0616 e. The van der Waals surface area contributed by atoms with Crippen LogP contribution < -0.4 is 0 Å². The number of rotatable bonds is 0. The van der Waals surface area contributed by atoms with Gasteiger partial charge >= 0.3 is 0 Å². The first-order valence-corrected chi connectivity index (χ1v) is 38.0. The van der Waals surface area contributed by atoms with Crippen LogP contribution in [0.5, 0.6) is 0 Å². The third kappa shape index (κ3) is 15.0. The Morgan fingerprint density at radius 1 is 0.110 bits per heavy atom. The Morgan fingerprint density at radius 3 is 0.927 bits per heavy atom. The zero-order valence-electron chi connectivity index (χ0n) is 63.0. The summed E-state index contributed by atoms with van der Waals surface area (Å²) in [5, 5.41) is 40.1. The lowest BCUT2D eigenvalue weighted by Crippen LogP contribution is -1.83. The summed E-state index contributed by atoms with van der Waals surface area (Å²) in [7, 11) is 0. The van der Waals surface area contributed by atoms with Crippen molar-refractivity contribution < 1.29 is 0 Å². The third-order valence-corrected chi connectivity index (χ3v) is 21.6. The van der Waals surface area contributed by atoms with Crippen LogP contribution in [0.25, 0.3) is 162 Å². The van der Waals surface area contributed by atoms with Crippen LogP contribution in [0.4, 0.5) is 0 Å². The maximum absolute atomic E-state index is 2.32. The molecular weight excluding hydrogens is 1310 g/mol. The van der Waals surface area contributed by atoms with Crippen molar-refractivity contribution in [1.29, 1.82) is 0 Å². The summed E-state index contributed by atoms with van der Waals surface area (Å²) in [5.41, 5.74) is 9.38. The van der Waals surface area contributed by atoms with E-state index in [1.807, 2.05) is 0 Å². The van der Waals surface area contributed by atoms with Crippen LogP contribution in [0.1, 0.15) is 38.9 Å². The van der Waals surface area contributed by atoms with E-state index in [9.17, 15) is 0 Å². The minimum absolute atomic E-state index is 1.31. The van der Waals surface area contributed by atoms with Gasteiger partial charge in [-0.1, -0.05) is 381 Å². The molecule has 0 unspecified atom stereocenters. The topological polar surface area (TPSA) is 0 Å². The molecule has 0 aromatic heterocycles. The third-order valence-electron chi connectivity index (χ3n) is 21.6. The average molecular weight is 1400 g/mol. The van der Waals surface area contributed by atoms with E-state index >= 15 is 0 Å². The molecule has 0 saturated heterocycles. The second-order valence-corrected chi connectivity index (χ2v) is 29.1. The summed E-state index contributed by atoms with van der Waals surface area (Å²) >= 11 is 0. The highest BCUT2D eigenvalue weighted by Crippen LogP contribution is 2.36. The predicted molar refractivity (Wildman–Crippen MR) is 481 cm³/mol. The van der Waals surface area contributed by atoms with Gasteiger partial charge in [-0.15, -0.1) is 0 Å². The molecular formula is C109H86. The van der Waals surface area contributed by atoms with Gasteiger partial charge in [0.2, 0.25) is 0 Å². The summed E-state index contributed by atoms with van der Waals surface area (Å²) in [6, 6.07) is 141. The van der Waals surface area contributed by atoms with Gasteiger partial charge in [0.25, 0.3) is 0 Å². The molecule has 22 rings (SSSR count). The van der Waals surface area contributed by atoms with E-state index in [0.717, 1.165) is 0 Å². The molecule has 0 heterocycles. The lowest BCUT2D eigenvalue weighted by atomic mass is 9.94. The second kappa shape index (κ2) is 31.4. The van der Waals surface area contributed by atoms with Gasteiger partial charge in [0.15, 0.2) is 0 Å². The van der Waals surface area contributed by atoms with E-state index in [4.69, 9.17) is 0 Å². The molecule has 0 aliphatic rings. The van der Waals surface area contributed by atoms with Crippen LogP contribution >= 0.6 is 0 Å². The van der Waals surface area contributed by atoms with Crippen molar-refractivity contribution in [2.45, 2.75) is 48.5 Å². The lowest BCUT2D eigenvalue weighted by Gasteiger charge is -2.10. The lowest BCUT2D eigenvalue weighted by molar-refractivity contribution is 1.51. The molecule has 0 fully saturated rings. The van der Waals surface area contributed by atoms with Crippen molar-refractivity contribution in [3.8, 4) is 0 Å². The van der Waals surface area contributed by atoms with E-state index in [-0.39, 0.29) is 0 Å². The minimum atomic E-state index is 1.31. The Hall–Kier alpha value is -13.3. The van der Waals surface area contributed by atoms with Crippen molar-refractivity contribution in [1.82, 2.24) is 0 Å². The second-order valence-electron chi connectivity index (χ2n) is 29.1. The molecule has 0 N–H and O–H groups in total. The first-order chi connectivity index (χ1) is 53.4. The summed E-state index contributed by atoms with van der Waals surface area (Å²) < 4.78 is 0. The molecule has 22 aromatic carbocycles. The van der Waals surface area contributed by atoms with Gasteiger partial charge in [-0.3, -0.25) is 0 Å². The summed E-state index contributed by atoms with van der Waals surface area (Å²) in [4.78, 5) is 0. The van der Waals surface area contributed by atoms with Crippen LogP contribution in [0, 0.1) is 48.5 Å². The van der Waals surface area contributed by atoms with Crippen LogP contribution in [0.15, 0.2) is 394 Å². The van der Waals surface area contributed by atoms with Crippen molar-refractivity contribution in [3.05, 3.63) is 433 Å². The van der Waals surface area contributed by atoms with Gasteiger partial charge in [0.05, 0.1) is 0 Å². The highest BCUT2D eigenvalue weighted by Gasteiger charge is 2.09. The Kier molecular flexibility index (Phi) is 20.2. The summed E-state index contributed by atoms with van der Waals surface area (Å²) in [6.45, 7) is 15.1. The molecule has 0 radical (unpaired) electrons. The zero-order valence-corrected chi connectivity index (χ0v) is 63.0. The Bertz CT molecular complexity index is 6980. The molecule has 0 bridgehead atoms. The fraction of sp³-hybridized carbons (Fsp3) is 0.0642. The molecule has 0 saturated carbocycles. The fourth-order valence-electron chi connectivity index (χ4n) is 16.0. The van der Waals surface area contributed by atoms with Gasteiger partial charge in [-0.2, -0.15) is 0 Å². The molecule has 0 aliphatic heterocycles. The molecule has 0 amide bonds. The van der Waals surface area contributed by atoms with Crippen molar-refractivity contribution >= 4 is 162 Å². The molecule has 0 spiro atoms. The van der Waals surface area contributed by atoms with E-state index in [1.165, 1.54) is 201 Å². The Labute approximate surface area is 639 Å². The molecule has 109 heavy (non-hydrogen) atoms. The van der Waals surface area contributed by atoms with E-state index < -0.39 is 0 Å². The normalized spacial score (nSPS) is 11.1. The van der Waals surface area contributed by atoms with E-state index in [2.05, 4.69) is 443 Å². The SMILES string of the molecule is Cc1c2ccccc2cc2ccccc12.Cc1cc2c3ccccc3ccc2c2ccccc12.Cc1cc2ccccc2c2ccccc12.Cc1ccc2c(ccc3ccccc32)c1.Cc1ccc2cc3ccccc3cc2c1.Cc1ccc2ccc3ccccc3c2c1.Cc1cccc2cc3ccccc3cc12. The Morgan fingerprint density at radius 2 is 0.376 bits per heavy atom. The average Bonchev–Trinajstić information content (AvgIpc) is 0.756. The van der Waals surface area contributed by atoms with Crippen LogP contribution in [0.2, 0.25) is 0 Å². The summed E-state index contributed by atoms with van der Waals surface area (Å²) in [5.74, 6) is 0. The molecule has 0 heteroatoms. The number of fused-ring (bicyclic) bond motifs is 20. The standard InChI is InChI=1S/C19H14.6C15H12/c1-13-12-19-16-8-3-2-6-14(16)10-11-18(19)17-9-5-4-7-15(13)17;1-11-14-8-4-2-6-12(14)10-13-7-3-5-9-15(11)13;1-11-10-12-6-2-3-8-14(12)15-9-5-4-7-13(11)15;1-11-5-4-8-14-9-12-6-2-3-7-13(12)10-15(11)14;1-11-6-9-15-13(10-11)8-7-12-4-2-3-5-14(12)15;1-11-6-7-14-9-12-4-2-3-5-13(12)10-15(14)8-11;1-11-6-7-13-9-8-12-4-2-3-5-14(12)15(13)10-11/h2-12H,1H3;6*2-10H,1H3. The fourth-order valence-corrected chi connectivity index (χ4v) is 16.0. The minimum Gasteiger partial charge on any atom is -0.0616 e. The molecule has 0 atom stereocenters. The van der Waals surface area contributed by atoms with Gasteiger partial charge < -0.3 is 0 Å². The molecule has 22 aromatic rings. The van der Waals surface area contributed by atoms with Gasteiger partial charge in [0, 0.05) is 0 Å². The Balaban J connectivity index is 0.0000000970. The smallest absolute Gasteiger partial charge is 0.00963 e. The maximum atomic E-state index is 2.32. The quantitative estimate of drug-likeness (QED) is 0.105. The van der Waals surface area contributed by atoms with E-state index in [1.54, 1.807) is 0 Å². The molecule has 0 nitrogen and oxygen atoms in total.